The van der Waals surface area contributed by atoms with Gasteiger partial charge in [-0.15, -0.1) is 0 Å². The molecule has 2 saturated heterocycles. The molecule has 2 fully saturated rings. The van der Waals surface area contributed by atoms with Crippen molar-refractivity contribution in [2.24, 2.45) is 0 Å². The molecule has 1 amide bonds. The Morgan fingerprint density at radius 2 is 2.04 bits per heavy atom. The van der Waals surface area contributed by atoms with Crippen molar-refractivity contribution in [1.82, 2.24) is 15.5 Å². The monoisotopic (exact) mass is 332 g/mol. The molecule has 0 radical (unpaired) electrons. The van der Waals surface area contributed by atoms with Gasteiger partial charge in [0.15, 0.2) is 0 Å². The van der Waals surface area contributed by atoms with Gasteiger partial charge in [0.1, 0.15) is 6.04 Å². The van der Waals surface area contributed by atoms with Gasteiger partial charge in [-0.25, -0.2) is 0 Å². The zero-order valence-electron chi connectivity index (χ0n) is 14.4. The molecule has 0 saturated carbocycles. The summed E-state index contributed by atoms with van der Waals surface area (Å²) in [6, 6.07) is 10.7. The summed E-state index contributed by atoms with van der Waals surface area (Å²) < 4.78 is 5.34. The number of hydrogen-bond acceptors (Lipinski definition) is 5. The molecule has 2 N–H and O–H groups in total. The van der Waals surface area contributed by atoms with Crippen LogP contribution in [0.4, 0.5) is 5.69 Å². The smallest absolute Gasteiger partial charge is 0.239 e. The van der Waals surface area contributed by atoms with Gasteiger partial charge in [-0.05, 0) is 19.1 Å². The maximum absolute atomic E-state index is 12.1. The molecule has 1 aromatic carbocycles. The van der Waals surface area contributed by atoms with Crippen LogP contribution in [0.2, 0.25) is 0 Å². The van der Waals surface area contributed by atoms with Crippen molar-refractivity contribution in [2.75, 3.05) is 57.4 Å². The van der Waals surface area contributed by atoms with E-state index in [1.54, 1.807) is 0 Å². The van der Waals surface area contributed by atoms with E-state index < -0.39 is 0 Å². The van der Waals surface area contributed by atoms with Crippen LogP contribution in [0.1, 0.15) is 6.92 Å². The molecule has 0 aromatic heterocycles. The SMILES string of the molecule is CC(CNC(=O)C1COCCN1)N1CCN(c2ccccc2)CC1. The van der Waals surface area contributed by atoms with Gasteiger partial charge < -0.3 is 20.3 Å². The average molecular weight is 332 g/mol. The van der Waals surface area contributed by atoms with Crippen molar-refractivity contribution in [3.05, 3.63) is 30.3 Å². The second-order valence-corrected chi connectivity index (χ2v) is 6.53. The second kappa shape index (κ2) is 8.46. The molecule has 3 rings (SSSR count). The number of amides is 1. The standard InChI is InChI=1S/C18H28N4O2/c1-15(13-20-18(23)17-14-24-12-7-19-17)21-8-10-22(11-9-21)16-5-3-2-4-6-16/h2-6,15,17,19H,7-14H2,1H3,(H,20,23). The summed E-state index contributed by atoms with van der Waals surface area (Å²) in [4.78, 5) is 17.0. The Kier molecular flexibility index (Phi) is 6.07. The number of piperazine rings is 1. The number of hydrogen-bond donors (Lipinski definition) is 2. The maximum atomic E-state index is 12.1. The van der Waals surface area contributed by atoms with Gasteiger partial charge in [-0.3, -0.25) is 9.69 Å². The number of nitrogens with zero attached hydrogens (tertiary/aromatic N) is 2. The van der Waals surface area contributed by atoms with Crippen molar-refractivity contribution in [3.8, 4) is 0 Å². The van der Waals surface area contributed by atoms with E-state index >= 15 is 0 Å². The molecule has 1 aromatic rings. The van der Waals surface area contributed by atoms with Crippen molar-refractivity contribution >= 4 is 11.6 Å². The summed E-state index contributed by atoms with van der Waals surface area (Å²) in [6.07, 6.45) is 0. The zero-order chi connectivity index (χ0) is 16.8. The van der Waals surface area contributed by atoms with Crippen LogP contribution in [-0.2, 0) is 9.53 Å². The Morgan fingerprint density at radius 3 is 2.71 bits per heavy atom. The molecule has 6 heteroatoms. The molecule has 2 aliphatic rings. The number of benzene rings is 1. The number of para-hydroxylation sites is 1. The van der Waals surface area contributed by atoms with Crippen LogP contribution in [0.25, 0.3) is 0 Å². The van der Waals surface area contributed by atoms with Gasteiger partial charge in [0.2, 0.25) is 5.91 Å². The van der Waals surface area contributed by atoms with Crippen LogP contribution in [0.5, 0.6) is 0 Å². The van der Waals surface area contributed by atoms with E-state index in [1.165, 1.54) is 5.69 Å². The van der Waals surface area contributed by atoms with Crippen LogP contribution < -0.4 is 15.5 Å². The summed E-state index contributed by atoms with van der Waals surface area (Å²) in [6.45, 7) is 8.87. The lowest BCUT2D eigenvalue weighted by molar-refractivity contribution is -0.126. The van der Waals surface area contributed by atoms with E-state index in [0.29, 0.717) is 25.8 Å². The molecule has 24 heavy (non-hydrogen) atoms. The van der Waals surface area contributed by atoms with Crippen molar-refractivity contribution in [3.63, 3.8) is 0 Å². The Balaban J connectivity index is 1.40. The van der Waals surface area contributed by atoms with Gasteiger partial charge in [0.05, 0.1) is 13.2 Å². The van der Waals surface area contributed by atoms with Crippen molar-refractivity contribution in [1.29, 1.82) is 0 Å². The van der Waals surface area contributed by atoms with Crippen LogP contribution in [0, 0.1) is 0 Å². The predicted octanol–water partition coefficient (Wildman–Crippen LogP) is 0.302. The first-order valence-corrected chi connectivity index (χ1v) is 8.87. The first-order chi connectivity index (χ1) is 11.7. The van der Waals surface area contributed by atoms with Gasteiger partial charge >= 0.3 is 0 Å². The van der Waals surface area contributed by atoms with Gasteiger partial charge in [-0.2, -0.15) is 0 Å². The number of carbonyl (C=O) groups is 1. The zero-order valence-corrected chi connectivity index (χ0v) is 14.4. The van der Waals surface area contributed by atoms with Crippen molar-refractivity contribution in [2.45, 2.75) is 19.0 Å². The molecular formula is C18H28N4O2. The van der Waals surface area contributed by atoms with Gasteiger partial charge in [0, 0.05) is 51.0 Å². The minimum Gasteiger partial charge on any atom is -0.378 e. The summed E-state index contributed by atoms with van der Waals surface area (Å²) in [7, 11) is 0. The molecule has 2 heterocycles. The molecule has 0 aliphatic carbocycles. The van der Waals surface area contributed by atoms with Gasteiger partial charge in [0.25, 0.3) is 0 Å². The second-order valence-electron chi connectivity index (χ2n) is 6.53. The normalized spacial score (nSPS) is 23.7. The predicted molar refractivity (Wildman–Crippen MR) is 95.3 cm³/mol. The molecule has 0 spiro atoms. The largest absolute Gasteiger partial charge is 0.378 e. The first-order valence-electron chi connectivity index (χ1n) is 8.87. The molecule has 6 nitrogen and oxygen atoms in total. The quantitative estimate of drug-likeness (QED) is 0.812. The highest BCUT2D eigenvalue weighted by molar-refractivity contribution is 5.82. The number of ether oxygens (including phenoxy) is 1. The number of morpholine rings is 1. The topological polar surface area (TPSA) is 56.8 Å². The lowest BCUT2D eigenvalue weighted by Crippen LogP contribution is -2.55. The highest BCUT2D eigenvalue weighted by Gasteiger charge is 2.24. The third-order valence-corrected chi connectivity index (χ3v) is 4.87. The first kappa shape index (κ1) is 17.2. The van der Waals surface area contributed by atoms with Gasteiger partial charge in [-0.1, -0.05) is 18.2 Å². The molecule has 2 aliphatic heterocycles. The third kappa shape index (κ3) is 4.47. The Labute approximate surface area is 144 Å². The Hall–Kier alpha value is -1.63. The number of rotatable bonds is 5. The molecular weight excluding hydrogens is 304 g/mol. The van der Waals surface area contributed by atoms with Crippen LogP contribution in [-0.4, -0.2) is 75.4 Å². The minimum atomic E-state index is -0.208. The van der Waals surface area contributed by atoms with E-state index in [9.17, 15) is 4.79 Å². The molecule has 2 unspecified atom stereocenters. The molecule has 0 bridgehead atoms. The maximum Gasteiger partial charge on any atom is 0.239 e. The fraction of sp³-hybridized carbons (Fsp3) is 0.611. The fourth-order valence-electron chi connectivity index (χ4n) is 3.29. The van der Waals surface area contributed by atoms with E-state index in [0.717, 1.165) is 32.7 Å². The Morgan fingerprint density at radius 1 is 1.29 bits per heavy atom. The number of anilines is 1. The summed E-state index contributed by atoms with van der Waals surface area (Å²) in [5, 5.41) is 6.24. The summed E-state index contributed by atoms with van der Waals surface area (Å²) in [5.41, 5.74) is 1.29. The van der Waals surface area contributed by atoms with Crippen molar-refractivity contribution < 1.29 is 9.53 Å². The van der Waals surface area contributed by atoms with E-state index in [2.05, 4.69) is 57.7 Å². The Bertz CT molecular complexity index is 511. The van der Waals surface area contributed by atoms with E-state index in [1.807, 2.05) is 0 Å². The lowest BCUT2D eigenvalue weighted by Gasteiger charge is -2.39. The summed E-state index contributed by atoms with van der Waals surface area (Å²) >= 11 is 0. The number of carbonyl (C=O) groups excluding carboxylic acids is 1. The van der Waals surface area contributed by atoms with Crippen LogP contribution in [0.3, 0.4) is 0 Å². The molecule has 132 valence electrons. The average Bonchev–Trinajstić information content (AvgIpc) is 2.67. The fourth-order valence-corrected chi connectivity index (χ4v) is 3.29. The highest BCUT2D eigenvalue weighted by Crippen LogP contribution is 2.16. The highest BCUT2D eigenvalue weighted by atomic mass is 16.5. The van der Waals surface area contributed by atoms with E-state index in [4.69, 9.17) is 4.74 Å². The van der Waals surface area contributed by atoms with E-state index in [-0.39, 0.29) is 11.9 Å². The van der Waals surface area contributed by atoms with Crippen LogP contribution >= 0.6 is 0 Å². The minimum absolute atomic E-state index is 0.0458. The summed E-state index contributed by atoms with van der Waals surface area (Å²) in [5.74, 6) is 0.0458. The molecule has 2 atom stereocenters. The third-order valence-electron chi connectivity index (χ3n) is 4.87. The van der Waals surface area contributed by atoms with Crippen LogP contribution in [0.15, 0.2) is 30.3 Å². The lowest BCUT2D eigenvalue weighted by atomic mass is 10.2. The number of nitrogens with one attached hydrogen (secondary N) is 2.